The number of aromatic nitrogens is 3. The van der Waals surface area contributed by atoms with Crippen LogP contribution in [0.5, 0.6) is 0 Å². The van der Waals surface area contributed by atoms with Gasteiger partial charge in [-0.2, -0.15) is 0 Å². The molecule has 168 valence electrons. The van der Waals surface area contributed by atoms with Gasteiger partial charge in [0.2, 0.25) is 0 Å². The predicted molar refractivity (Wildman–Crippen MR) is 125 cm³/mol. The molecule has 3 heterocycles. The highest BCUT2D eigenvalue weighted by molar-refractivity contribution is 5.92. The van der Waals surface area contributed by atoms with Gasteiger partial charge in [-0.3, -0.25) is 19.5 Å². The van der Waals surface area contributed by atoms with Gasteiger partial charge in [0.15, 0.2) is 5.82 Å². The molecule has 33 heavy (non-hydrogen) atoms. The van der Waals surface area contributed by atoms with Gasteiger partial charge in [-0.15, -0.1) is 5.92 Å². The van der Waals surface area contributed by atoms with Crippen LogP contribution in [0.3, 0.4) is 0 Å². The molecular formula is C25H24FN5O2. The minimum atomic E-state index is -0.472. The SMILES string of the molecule is CC#Cc1cc(CN2CC=C(c3ccc(C(=O)NC)nc3)CC2)c(F)c2[nH]c(=O)c(C)nc12. The molecule has 8 heteroatoms. The Balaban J connectivity index is 1.57. The minimum Gasteiger partial charge on any atom is -0.354 e. The Morgan fingerprint density at radius 2 is 2.18 bits per heavy atom. The van der Waals surface area contributed by atoms with Gasteiger partial charge < -0.3 is 10.3 Å². The first-order chi connectivity index (χ1) is 15.9. The second-order valence-electron chi connectivity index (χ2n) is 7.87. The van der Waals surface area contributed by atoms with Gasteiger partial charge in [-0.1, -0.05) is 18.1 Å². The minimum absolute atomic E-state index is 0.0939. The Morgan fingerprint density at radius 1 is 1.36 bits per heavy atom. The van der Waals surface area contributed by atoms with Gasteiger partial charge >= 0.3 is 0 Å². The lowest BCUT2D eigenvalue weighted by Gasteiger charge is -2.27. The normalized spacial score (nSPS) is 13.9. The Bertz CT molecular complexity index is 1380. The summed E-state index contributed by atoms with van der Waals surface area (Å²) in [7, 11) is 1.57. The Morgan fingerprint density at radius 3 is 2.82 bits per heavy atom. The number of aromatic amines is 1. The maximum Gasteiger partial charge on any atom is 0.269 e. The molecule has 3 aromatic rings. The summed E-state index contributed by atoms with van der Waals surface area (Å²) >= 11 is 0. The van der Waals surface area contributed by atoms with Crippen LogP contribution in [0.2, 0.25) is 0 Å². The summed E-state index contributed by atoms with van der Waals surface area (Å²) in [5.41, 5.74) is 3.89. The Hall–Kier alpha value is -3.83. The number of hydrogen-bond acceptors (Lipinski definition) is 5. The fourth-order valence-corrected chi connectivity index (χ4v) is 3.91. The number of fused-ring (bicyclic) bond motifs is 1. The van der Waals surface area contributed by atoms with E-state index in [2.05, 4.69) is 43.1 Å². The number of pyridine rings is 1. The van der Waals surface area contributed by atoms with Crippen LogP contribution in [0.25, 0.3) is 16.6 Å². The lowest BCUT2D eigenvalue weighted by Crippen LogP contribution is -2.28. The number of hydrogen-bond donors (Lipinski definition) is 2. The highest BCUT2D eigenvalue weighted by atomic mass is 19.1. The van der Waals surface area contributed by atoms with Crippen molar-refractivity contribution in [1.29, 1.82) is 0 Å². The zero-order valence-corrected chi connectivity index (χ0v) is 18.8. The van der Waals surface area contributed by atoms with E-state index in [0.717, 1.165) is 24.1 Å². The molecule has 0 unspecified atom stereocenters. The van der Waals surface area contributed by atoms with Gasteiger partial charge in [0.1, 0.15) is 22.4 Å². The van der Waals surface area contributed by atoms with Crippen molar-refractivity contribution in [2.45, 2.75) is 26.8 Å². The number of amides is 1. The smallest absolute Gasteiger partial charge is 0.269 e. The number of H-pyrrole nitrogens is 1. The Kier molecular flexibility index (Phi) is 6.33. The van der Waals surface area contributed by atoms with Crippen molar-refractivity contribution in [1.82, 2.24) is 25.2 Å². The molecule has 0 radical (unpaired) electrons. The predicted octanol–water partition coefficient (Wildman–Crippen LogP) is 2.79. The van der Waals surface area contributed by atoms with Crippen molar-refractivity contribution in [3.05, 3.63) is 74.7 Å². The van der Waals surface area contributed by atoms with E-state index in [1.54, 1.807) is 39.2 Å². The monoisotopic (exact) mass is 445 g/mol. The van der Waals surface area contributed by atoms with E-state index in [1.807, 2.05) is 6.07 Å². The van der Waals surface area contributed by atoms with Crippen molar-refractivity contribution in [3.63, 3.8) is 0 Å². The number of benzene rings is 1. The number of halogens is 1. The second kappa shape index (κ2) is 9.35. The molecule has 0 bridgehead atoms. The summed E-state index contributed by atoms with van der Waals surface area (Å²) in [5, 5.41) is 2.56. The van der Waals surface area contributed by atoms with Crippen LogP contribution >= 0.6 is 0 Å². The summed E-state index contributed by atoms with van der Waals surface area (Å²) in [6.07, 6.45) is 4.57. The molecule has 1 aromatic carbocycles. The number of carbonyl (C=O) groups excluding carboxylic acids is 1. The molecule has 0 atom stereocenters. The van der Waals surface area contributed by atoms with E-state index in [4.69, 9.17) is 0 Å². The largest absolute Gasteiger partial charge is 0.354 e. The fourth-order valence-electron chi connectivity index (χ4n) is 3.91. The molecule has 1 amide bonds. The molecule has 0 fully saturated rings. The average Bonchev–Trinajstić information content (AvgIpc) is 2.83. The fraction of sp³-hybridized carbons (Fsp3) is 0.280. The first-order valence-corrected chi connectivity index (χ1v) is 10.7. The number of nitrogens with one attached hydrogen (secondary N) is 2. The van der Waals surface area contributed by atoms with Crippen LogP contribution < -0.4 is 10.9 Å². The van der Waals surface area contributed by atoms with Crippen LogP contribution in [0.1, 0.15) is 46.2 Å². The highest BCUT2D eigenvalue weighted by Gasteiger charge is 2.19. The quantitative estimate of drug-likeness (QED) is 0.603. The van der Waals surface area contributed by atoms with Gasteiger partial charge in [0.05, 0.1) is 5.56 Å². The zero-order valence-electron chi connectivity index (χ0n) is 18.8. The van der Waals surface area contributed by atoms with Crippen molar-refractivity contribution in [2.24, 2.45) is 0 Å². The van der Waals surface area contributed by atoms with E-state index in [1.165, 1.54) is 0 Å². The average molecular weight is 445 g/mol. The van der Waals surface area contributed by atoms with Crippen LogP contribution in [0.4, 0.5) is 4.39 Å². The van der Waals surface area contributed by atoms with Crippen molar-refractivity contribution < 1.29 is 9.18 Å². The number of aryl methyl sites for hydroxylation is 1. The maximum atomic E-state index is 15.3. The van der Waals surface area contributed by atoms with Gasteiger partial charge in [-0.05, 0) is 43.5 Å². The molecule has 0 spiro atoms. The van der Waals surface area contributed by atoms with Crippen molar-refractivity contribution in [3.8, 4) is 11.8 Å². The molecule has 0 saturated heterocycles. The van der Waals surface area contributed by atoms with Crippen molar-refractivity contribution >= 4 is 22.5 Å². The zero-order chi connectivity index (χ0) is 23.5. The third-order valence-corrected chi connectivity index (χ3v) is 5.70. The standard InChI is InChI=1S/C25H24FN5O2/c1-4-5-17-12-19(21(26)23-22(17)29-15(2)24(32)30-23)14-31-10-8-16(9-11-31)18-6-7-20(28-13-18)25(33)27-3/h6-8,12-13H,9-11,14H2,1-3H3,(H,27,33)(H,30,32). The molecular weight excluding hydrogens is 421 g/mol. The van der Waals surface area contributed by atoms with Crippen LogP contribution in [-0.4, -0.2) is 45.9 Å². The van der Waals surface area contributed by atoms with E-state index >= 15 is 4.39 Å². The molecule has 2 N–H and O–H groups in total. The van der Waals surface area contributed by atoms with Crippen LogP contribution in [-0.2, 0) is 6.54 Å². The third-order valence-electron chi connectivity index (χ3n) is 5.70. The lowest BCUT2D eigenvalue weighted by molar-refractivity contribution is 0.0958. The topological polar surface area (TPSA) is 91.0 Å². The summed E-state index contributed by atoms with van der Waals surface area (Å²) in [6, 6.07) is 5.32. The second-order valence-corrected chi connectivity index (χ2v) is 7.87. The van der Waals surface area contributed by atoms with Crippen LogP contribution in [0.15, 0.2) is 35.3 Å². The van der Waals surface area contributed by atoms with Gasteiger partial charge in [-0.25, -0.2) is 9.37 Å². The first kappa shape index (κ1) is 22.4. The maximum absolute atomic E-state index is 15.3. The molecule has 1 aliphatic heterocycles. The van der Waals surface area contributed by atoms with Crippen LogP contribution in [0, 0.1) is 24.6 Å². The molecule has 2 aromatic heterocycles. The molecule has 4 rings (SSSR count). The van der Waals surface area contributed by atoms with Gasteiger partial charge in [0, 0.05) is 38.4 Å². The summed E-state index contributed by atoms with van der Waals surface area (Å²) < 4.78 is 15.3. The summed E-state index contributed by atoms with van der Waals surface area (Å²) in [5.74, 6) is 5.13. The van der Waals surface area contributed by atoms with Gasteiger partial charge in [0.25, 0.3) is 11.5 Å². The van der Waals surface area contributed by atoms with E-state index < -0.39 is 11.4 Å². The van der Waals surface area contributed by atoms with E-state index in [0.29, 0.717) is 35.4 Å². The Labute approximate surface area is 190 Å². The number of rotatable bonds is 4. The highest BCUT2D eigenvalue weighted by Crippen LogP contribution is 2.26. The third kappa shape index (κ3) is 4.54. The summed E-state index contributed by atoms with van der Waals surface area (Å²) in [6.45, 7) is 5.06. The van der Waals surface area contributed by atoms with E-state index in [-0.39, 0.29) is 17.1 Å². The molecule has 7 nitrogen and oxygen atoms in total. The van der Waals surface area contributed by atoms with E-state index in [9.17, 15) is 9.59 Å². The first-order valence-electron chi connectivity index (χ1n) is 10.7. The van der Waals surface area contributed by atoms with Crippen molar-refractivity contribution in [2.75, 3.05) is 20.1 Å². The lowest BCUT2D eigenvalue weighted by atomic mass is 10.00. The molecule has 0 aliphatic carbocycles. The summed E-state index contributed by atoms with van der Waals surface area (Å²) in [4.78, 5) is 37.0. The molecule has 1 aliphatic rings. The molecule has 0 saturated carbocycles. The number of carbonyl (C=O) groups is 1. The number of nitrogens with zero attached hydrogens (tertiary/aromatic N) is 3.